The summed E-state index contributed by atoms with van der Waals surface area (Å²) in [5, 5.41) is 2.57. The molecule has 0 heterocycles. The Morgan fingerprint density at radius 1 is 1.26 bits per heavy atom. The number of nitrogens with one attached hydrogen (secondary N) is 1. The number of carbonyl (C=O) groups excluding carboxylic acids is 1. The molecule has 0 aliphatic rings. The monoisotopic (exact) mass is 415 g/mol. The molecule has 0 bridgehead atoms. The molecule has 0 saturated carbocycles. The first-order valence-electron chi connectivity index (χ1n) is 6.70. The second-order valence-electron chi connectivity index (χ2n) is 4.75. The Labute approximate surface area is 149 Å². The van der Waals surface area contributed by atoms with Crippen molar-refractivity contribution in [1.82, 2.24) is 0 Å². The molecule has 1 amide bonds. The quantitative estimate of drug-likeness (QED) is 0.719. The van der Waals surface area contributed by atoms with Crippen LogP contribution in [0.2, 0.25) is 0 Å². The van der Waals surface area contributed by atoms with Crippen LogP contribution in [0.1, 0.15) is 5.56 Å². The van der Waals surface area contributed by atoms with Crippen molar-refractivity contribution in [2.24, 2.45) is 0 Å². The first-order chi connectivity index (χ1) is 11.0. The highest BCUT2D eigenvalue weighted by Gasteiger charge is 2.10. The van der Waals surface area contributed by atoms with E-state index in [0.29, 0.717) is 16.3 Å². The van der Waals surface area contributed by atoms with Gasteiger partial charge in [-0.25, -0.2) is 4.39 Å². The lowest BCUT2D eigenvalue weighted by molar-refractivity contribution is -0.113. The van der Waals surface area contributed by atoms with Crippen molar-refractivity contribution in [3.8, 4) is 0 Å². The molecule has 1 atom stereocenters. The number of benzene rings is 2. The number of thioether (sulfide) groups is 1. The molecule has 7 heteroatoms. The van der Waals surface area contributed by atoms with Crippen LogP contribution < -0.4 is 5.32 Å². The molecule has 0 aliphatic carbocycles. The zero-order valence-electron chi connectivity index (χ0n) is 12.3. The highest BCUT2D eigenvalue weighted by atomic mass is 79.9. The number of halogens is 2. The fourth-order valence-corrected chi connectivity index (χ4v) is 3.66. The first kappa shape index (κ1) is 18.2. The van der Waals surface area contributed by atoms with Gasteiger partial charge in [-0.1, -0.05) is 28.1 Å². The van der Waals surface area contributed by atoms with Crippen LogP contribution in [0.4, 0.5) is 10.1 Å². The summed E-state index contributed by atoms with van der Waals surface area (Å²) in [7, 11) is -1.32. The maximum Gasteiger partial charge on any atom is 0.237 e. The average Bonchev–Trinajstić information content (AvgIpc) is 2.49. The average molecular weight is 416 g/mol. The van der Waals surface area contributed by atoms with Gasteiger partial charge < -0.3 is 5.32 Å². The Balaban J connectivity index is 1.90. The molecule has 0 fully saturated rings. The van der Waals surface area contributed by atoms with Gasteiger partial charge in [0.05, 0.1) is 0 Å². The second-order valence-corrected chi connectivity index (χ2v) is 7.97. The Kier molecular flexibility index (Phi) is 6.80. The summed E-state index contributed by atoms with van der Waals surface area (Å²) < 4.78 is 26.6. The van der Waals surface area contributed by atoms with Gasteiger partial charge in [0.15, 0.2) is 0 Å². The van der Waals surface area contributed by atoms with Crippen LogP contribution in [-0.2, 0) is 21.3 Å². The molecule has 1 unspecified atom stereocenters. The highest BCUT2D eigenvalue weighted by molar-refractivity contribution is 9.10. The largest absolute Gasteiger partial charge is 0.325 e. The minimum absolute atomic E-state index is 0.123. The number of hydrogen-bond donors (Lipinski definition) is 1. The second kappa shape index (κ2) is 8.61. The fraction of sp³-hybridized carbons (Fsp3) is 0.188. The van der Waals surface area contributed by atoms with Crippen molar-refractivity contribution in [1.29, 1.82) is 0 Å². The van der Waals surface area contributed by atoms with Crippen molar-refractivity contribution in [2.75, 3.05) is 17.3 Å². The third kappa shape index (κ3) is 5.75. The molecular weight excluding hydrogens is 401 g/mol. The molecule has 0 radical (unpaired) electrons. The Bertz CT molecular complexity index is 723. The predicted molar refractivity (Wildman–Crippen MR) is 97.7 cm³/mol. The molecule has 23 heavy (non-hydrogen) atoms. The lowest BCUT2D eigenvalue weighted by Crippen LogP contribution is -2.20. The molecule has 0 spiro atoms. The third-order valence-electron chi connectivity index (χ3n) is 2.97. The summed E-state index contributed by atoms with van der Waals surface area (Å²) in [6, 6.07) is 11.9. The standard InChI is InChI=1S/C16H15BrFNO2S2/c1-22-15-7-6-13(8-14(15)18)19-16(20)10-23(21)9-11-2-4-12(17)5-3-11/h2-8H,9-10H2,1H3,(H,19,20). The normalized spacial score (nSPS) is 12.0. The van der Waals surface area contributed by atoms with Crippen LogP contribution in [-0.4, -0.2) is 22.1 Å². The van der Waals surface area contributed by atoms with E-state index >= 15 is 0 Å². The minimum Gasteiger partial charge on any atom is -0.325 e. The first-order valence-corrected chi connectivity index (χ1v) is 10.2. The van der Waals surface area contributed by atoms with Gasteiger partial charge in [0.2, 0.25) is 5.91 Å². The van der Waals surface area contributed by atoms with Gasteiger partial charge in [0.1, 0.15) is 11.6 Å². The molecule has 2 aromatic carbocycles. The zero-order chi connectivity index (χ0) is 16.8. The van der Waals surface area contributed by atoms with Gasteiger partial charge in [0, 0.05) is 31.6 Å². The van der Waals surface area contributed by atoms with E-state index in [9.17, 15) is 13.4 Å². The van der Waals surface area contributed by atoms with E-state index < -0.39 is 16.7 Å². The lowest BCUT2D eigenvalue weighted by atomic mass is 10.2. The SMILES string of the molecule is CSc1ccc(NC(=O)CS(=O)Cc2ccc(Br)cc2)cc1F. The van der Waals surface area contributed by atoms with Gasteiger partial charge in [-0.2, -0.15) is 0 Å². The van der Waals surface area contributed by atoms with Gasteiger partial charge in [-0.3, -0.25) is 9.00 Å². The Hall–Kier alpha value is -1.18. The summed E-state index contributed by atoms with van der Waals surface area (Å²) in [6.45, 7) is 0. The van der Waals surface area contributed by atoms with Crippen LogP contribution in [0.3, 0.4) is 0 Å². The Morgan fingerprint density at radius 3 is 2.57 bits per heavy atom. The molecule has 0 aromatic heterocycles. The Morgan fingerprint density at radius 2 is 1.96 bits per heavy atom. The van der Waals surface area contributed by atoms with E-state index in [4.69, 9.17) is 0 Å². The van der Waals surface area contributed by atoms with Gasteiger partial charge in [-0.15, -0.1) is 11.8 Å². The number of amides is 1. The predicted octanol–water partition coefficient (Wildman–Crippen LogP) is 4.20. The number of carbonyl (C=O) groups is 1. The minimum atomic E-state index is -1.32. The van der Waals surface area contributed by atoms with Crippen LogP contribution in [0.5, 0.6) is 0 Å². The van der Waals surface area contributed by atoms with Crippen molar-refractivity contribution in [2.45, 2.75) is 10.6 Å². The van der Waals surface area contributed by atoms with Crippen LogP contribution in [0, 0.1) is 5.82 Å². The van der Waals surface area contributed by atoms with E-state index in [-0.39, 0.29) is 11.6 Å². The van der Waals surface area contributed by atoms with Crippen LogP contribution >= 0.6 is 27.7 Å². The number of rotatable bonds is 6. The van der Waals surface area contributed by atoms with Gasteiger partial charge >= 0.3 is 0 Å². The van der Waals surface area contributed by atoms with Gasteiger partial charge in [-0.05, 0) is 42.2 Å². The topological polar surface area (TPSA) is 46.2 Å². The smallest absolute Gasteiger partial charge is 0.237 e. The fourth-order valence-electron chi connectivity index (χ4n) is 1.90. The van der Waals surface area contributed by atoms with E-state index in [1.165, 1.54) is 17.8 Å². The van der Waals surface area contributed by atoms with E-state index in [2.05, 4.69) is 21.2 Å². The molecule has 2 rings (SSSR count). The molecule has 122 valence electrons. The maximum absolute atomic E-state index is 13.6. The third-order valence-corrected chi connectivity index (χ3v) is 5.51. The molecule has 0 saturated heterocycles. The number of hydrogen-bond acceptors (Lipinski definition) is 3. The van der Waals surface area contributed by atoms with Crippen LogP contribution in [0.25, 0.3) is 0 Å². The van der Waals surface area contributed by atoms with Crippen molar-refractivity contribution < 1.29 is 13.4 Å². The number of anilines is 1. The van der Waals surface area contributed by atoms with Crippen molar-refractivity contribution in [3.05, 3.63) is 58.3 Å². The molecule has 1 N–H and O–H groups in total. The maximum atomic E-state index is 13.6. The summed E-state index contributed by atoms with van der Waals surface area (Å²) in [5.74, 6) is -0.592. The molecule has 0 aliphatic heterocycles. The van der Waals surface area contributed by atoms with Crippen molar-refractivity contribution >= 4 is 50.1 Å². The molecular formula is C16H15BrFNO2S2. The molecule has 2 aromatic rings. The van der Waals surface area contributed by atoms with E-state index in [0.717, 1.165) is 10.0 Å². The lowest BCUT2D eigenvalue weighted by Gasteiger charge is -2.07. The summed E-state index contributed by atoms with van der Waals surface area (Å²) in [5.41, 5.74) is 1.26. The molecule has 3 nitrogen and oxygen atoms in total. The zero-order valence-corrected chi connectivity index (χ0v) is 15.6. The summed E-state index contributed by atoms with van der Waals surface area (Å²) in [4.78, 5) is 12.4. The van der Waals surface area contributed by atoms with E-state index in [1.54, 1.807) is 18.4 Å². The van der Waals surface area contributed by atoms with Crippen molar-refractivity contribution in [3.63, 3.8) is 0 Å². The van der Waals surface area contributed by atoms with Gasteiger partial charge in [0.25, 0.3) is 0 Å². The summed E-state index contributed by atoms with van der Waals surface area (Å²) in [6.07, 6.45) is 1.78. The highest BCUT2D eigenvalue weighted by Crippen LogP contribution is 2.22. The van der Waals surface area contributed by atoms with E-state index in [1.807, 2.05) is 24.3 Å². The summed E-state index contributed by atoms with van der Waals surface area (Å²) >= 11 is 4.63. The van der Waals surface area contributed by atoms with Crippen LogP contribution in [0.15, 0.2) is 51.8 Å².